The number of anilines is 1. The molecule has 1 aromatic rings. The Hall–Kier alpha value is -1.55. The summed E-state index contributed by atoms with van der Waals surface area (Å²) in [5.74, 6) is 0.988. The first-order valence-electron chi connectivity index (χ1n) is 5.65. The first-order chi connectivity index (χ1) is 7.93. The van der Waals surface area contributed by atoms with E-state index in [4.69, 9.17) is 4.74 Å². The molecule has 1 N–H and O–H groups in total. The predicted molar refractivity (Wildman–Crippen MR) is 63.6 cm³/mol. The van der Waals surface area contributed by atoms with E-state index in [1.807, 2.05) is 6.07 Å². The maximum absolute atomic E-state index is 5.34. The second-order valence-corrected chi connectivity index (χ2v) is 4.02. The summed E-state index contributed by atoms with van der Waals surface area (Å²) < 4.78 is 5.34. The van der Waals surface area contributed by atoms with Crippen molar-refractivity contribution < 1.29 is 4.74 Å². The molecule has 1 fully saturated rings. The van der Waals surface area contributed by atoms with Gasteiger partial charge in [-0.05, 0) is 11.6 Å². The maximum atomic E-state index is 5.34. The molecule has 2 heterocycles. The Balaban J connectivity index is 1.77. The van der Waals surface area contributed by atoms with Crippen molar-refractivity contribution in [1.29, 1.82) is 0 Å². The van der Waals surface area contributed by atoms with E-state index in [9.17, 15) is 0 Å². The van der Waals surface area contributed by atoms with Gasteiger partial charge in [0.15, 0.2) is 5.96 Å². The summed E-state index contributed by atoms with van der Waals surface area (Å²) in [6.07, 6.45) is 0. The summed E-state index contributed by atoms with van der Waals surface area (Å²) in [5.41, 5.74) is 2.44. The van der Waals surface area contributed by atoms with Crippen LogP contribution in [-0.4, -0.2) is 37.2 Å². The molecule has 2 aliphatic heterocycles. The maximum Gasteiger partial charge on any atom is 0.198 e. The molecule has 4 heteroatoms. The van der Waals surface area contributed by atoms with Crippen LogP contribution in [0, 0.1) is 0 Å². The van der Waals surface area contributed by atoms with E-state index >= 15 is 0 Å². The van der Waals surface area contributed by atoms with Crippen molar-refractivity contribution in [2.45, 2.75) is 6.54 Å². The van der Waals surface area contributed by atoms with E-state index in [1.165, 1.54) is 11.3 Å². The topological polar surface area (TPSA) is 36.9 Å². The first-order valence-corrected chi connectivity index (χ1v) is 5.65. The number of ether oxygens (including phenoxy) is 1. The van der Waals surface area contributed by atoms with Crippen molar-refractivity contribution in [2.24, 2.45) is 4.99 Å². The summed E-state index contributed by atoms with van der Waals surface area (Å²) >= 11 is 0. The van der Waals surface area contributed by atoms with Gasteiger partial charge in [-0.25, -0.2) is 4.99 Å². The zero-order valence-electron chi connectivity index (χ0n) is 9.15. The normalized spacial score (nSPS) is 19.8. The van der Waals surface area contributed by atoms with Crippen LogP contribution in [0.3, 0.4) is 0 Å². The van der Waals surface area contributed by atoms with Crippen molar-refractivity contribution in [1.82, 2.24) is 4.90 Å². The highest BCUT2D eigenvalue weighted by Gasteiger charge is 2.18. The second kappa shape index (κ2) is 4.14. The lowest BCUT2D eigenvalue weighted by Gasteiger charge is -2.32. The molecule has 1 saturated heterocycles. The Labute approximate surface area is 94.9 Å². The van der Waals surface area contributed by atoms with Gasteiger partial charge in [0.1, 0.15) is 0 Å². The van der Waals surface area contributed by atoms with Gasteiger partial charge in [0.2, 0.25) is 0 Å². The first kappa shape index (κ1) is 9.66. The Kier molecular flexibility index (Phi) is 2.50. The monoisotopic (exact) mass is 217 g/mol. The minimum absolute atomic E-state index is 0.774. The summed E-state index contributed by atoms with van der Waals surface area (Å²) in [6, 6.07) is 8.32. The Morgan fingerprint density at radius 3 is 2.88 bits per heavy atom. The predicted octanol–water partition coefficient (Wildman–Crippen LogP) is 1.30. The van der Waals surface area contributed by atoms with Gasteiger partial charge in [-0.3, -0.25) is 0 Å². The zero-order chi connectivity index (χ0) is 10.8. The van der Waals surface area contributed by atoms with Crippen LogP contribution in [0.15, 0.2) is 29.3 Å². The fourth-order valence-electron chi connectivity index (χ4n) is 2.05. The number of guanidine groups is 1. The van der Waals surface area contributed by atoms with Crippen molar-refractivity contribution in [3.63, 3.8) is 0 Å². The fraction of sp³-hybridized carbons (Fsp3) is 0.417. The van der Waals surface area contributed by atoms with Crippen molar-refractivity contribution in [3.05, 3.63) is 29.8 Å². The van der Waals surface area contributed by atoms with Crippen LogP contribution in [0.25, 0.3) is 0 Å². The number of nitrogens with zero attached hydrogens (tertiary/aromatic N) is 2. The Bertz CT molecular complexity index is 410. The molecule has 3 rings (SSSR count). The van der Waals surface area contributed by atoms with Gasteiger partial charge in [0.05, 0.1) is 19.8 Å². The van der Waals surface area contributed by atoms with Gasteiger partial charge in [0.25, 0.3) is 0 Å². The largest absolute Gasteiger partial charge is 0.378 e. The van der Waals surface area contributed by atoms with Crippen LogP contribution < -0.4 is 5.32 Å². The number of hydrogen-bond acceptors (Lipinski definition) is 4. The standard InChI is InChI=1S/C12H15N3O/c1-2-4-11-10(3-1)9-13-12(14-11)15-5-7-16-8-6-15/h1-4H,5-9H2,(H,13,14). The highest BCUT2D eigenvalue weighted by molar-refractivity contribution is 5.95. The van der Waals surface area contributed by atoms with Gasteiger partial charge in [0, 0.05) is 18.8 Å². The molecule has 0 saturated carbocycles. The van der Waals surface area contributed by atoms with Crippen LogP contribution in [0.2, 0.25) is 0 Å². The molecule has 0 bridgehead atoms. The van der Waals surface area contributed by atoms with Gasteiger partial charge in [-0.15, -0.1) is 0 Å². The third-order valence-electron chi connectivity index (χ3n) is 2.97. The minimum atomic E-state index is 0.774. The number of morpholine rings is 1. The van der Waals surface area contributed by atoms with Crippen molar-refractivity contribution in [2.75, 3.05) is 31.6 Å². The molecule has 84 valence electrons. The van der Waals surface area contributed by atoms with Gasteiger partial charge >= 0.3 is 0 Å². The number of benzene rings is 1. The third-order valence-corrected chi connectivity index (χ3v) is 2.97. The molecule has 16 heavy (non-hydrogen) atoms. The molecule has 0 amide bonds. The third kappa shape index (κ3) is 1.76. The second-order valence-electron chi connectivity index (χ2n) is 4.02. The number of hydrogen-bond donors (Lipinski definition) is 1. The number of para-hydroxylation sites is 1. The number of nitrogens with one attached hydrogen (secondary N) is 1. The molecule has 2 aliphatic rings. The van der Waals surface area contributed by atoms with E-state index in [1.54, 1.807) is 0 Å². The Morgan fingerprint density at radius 2 is 2.00 bits per heavy atom. The van der Waals surface area contributed by atoms with E-state index in [2.05, 4.69) is 33.4 Å². The smallest absolute Gasteiger partial charge is 0.198 e. The molecule has 0 radical (unpaired) electrons. The van der Waals surface area contributed by atoms with Crippen molar-refractivity contribution >= 4 is 11.6 Å². The number of fused-ring (bicyclic) bond motifs is 1. The molecule has 4 nitrogen and oxygen atoms in total. The van der Waals surface area contributed by atoms with Crippen LogP contribution in [0.5, 0.6) is 0 Å². The number of aliphatic imine (C=N–C) groups is 1. The van der Waals surface area contributed by atoms with Gasteiger partial charge in [-0.2, -0.15) is 0 Å². The lowest BCUT2D eigenvalue weighted by atomic mass is 10.1. The van der Waals surface area contributed by atoms with E-state index in [0.29, 0.717) is 0 Å². The average Bonchev–Trinajstić information content (AvgIpc) is 2.39. The van der Waals surface area contributed by atoms with Gasteiger partial charge in [-0.1, -0.05) is 18.2 Å². The van der Waals surface area contributed by atoms with Crippen LogP contribution >= 0.6 is 0 Å². The lowest BCUT2D eigenvalue weighted by Crippen LogP contribution is -2.45. The summed E-state index contributed by atoms with van der Waals surface area (Å²) in [7, 11) is 0. The summed E-state index contributed by atoms with van der Waals surface area (Å²) in [5, 5.41) is 3.39. The summed E-state index contributed by atoms with van der Waals surface area (Å²) in [6.45, 7) is 4.21. The molecule has 0 aliphatic carbocycles. The Morgan fingerprint density at radius 1 is 1.19 bits per heavy atom. The quantitative estimate of drug-likeness (QED) is 0.711. The van der Waals surface area contributed by atoms with Crippen molar-refractivity contribution in [3.8, 4) is 0 Å². The SMILES string of the molecule is c1ccc2c(c1)CN=C(N1CCOCC1)N2. The van der Waals surface area contributed by atoms with E-state index in [0.717, 1.165) is 38.8 Å². The van der Waals surface area contributed by atoms with Crippen LogP contribution in [0.1, 0.15) is 5.56 Å². The van der Waals surface area contributed by atoms with Gasteiger partial charge < -0.3 is 15.0 Å². The fourth-order valence-corrected chi connectivity index (χ4v) is 2.05. The zero-order valence-corrected chi connectivity index (χ0v) is 9.15. The molecule has 0 unspecified atom stereocenters. The number of rotatable bonds is 0. The molecular formula is C12H15N3O. The molecule has 0 aromatic heterocycles. The highest BCUT2D eigenvalue weighted by atomic mass is 16.5. The summed E-state index contributed by atoms with van der Waals surface area (Å²) in [4.78, 5) is 6.82. The molecule has 1 aromatic carbocycles. The van der Waals surface area contributed by atoms with E-state index < -0.39 is 0 Å². The van der Waals surface area contributed by atoms with Crippen LogP contribution in [0.4, 0.5) is 5.69 Å². The van der Waals surface area contributed by atoms with Crippen LogP contribution in [-0.2, 0) is 11.3 Å². The molecular weight excluding hydrogens is 202 g/mol. The highest BCUT2D eigenvalue weighted by Crippen LogP contribution is 2.20. The van der Waals surface area contributed by atoms with E-state index in [-0.39, 0.29) is 0 Å². The molecule has 0 spiro atoms. The lowest BCUT2D eigenvalue weighted by molar-refractivity contribution is 0.0678. The average molecular weight is 217 g/mol. The molecule has 0 atom stereocenters. The minimum Gasteiger partial charge on any atom is -0.378 e.